The predicted molar refractivity (Wildman–Crippen MR) is 55.8 cm³/mol. The van der Waals surface area contributed by atoms with Gasteiger partial charge >= 0.3 is 0 Å². The number of hydrogen-bond acceptors (Lipinski definition) is 0. The summed E-state index contributed by atoms with van der Waals surface area (Å²) < 4.78 is 0. The van der Waals surface area contributed by atoms with Crippen LogP contribution in [0, 0.1) is 12.8 Å². The van der Waals surface area contributed by atoms with Crippen LogP contribution in [0.4, 0.5) is 0 Å². The van der Waals surface area contributed by atoms with E-state index in [0.717, 1.165) is 9.52 Å². The van der Waals surface area contributed by atoms with Gasteiger partial charge in [-0.15, -0.1) is 27.7 Å². The topological polar surface area (TPSA) is 0 Å². The van der Waals surface area contributed by atoms with E-state index in [4.69, 9.17) is 0 Å². The Labute approximate surface area is 138 Å². The predicted octanol–water partition coefficient (Wildman–Crippen LogP) is 3.55. The van der Waals surface area contributed by atoms with Crippen molar-refractivity contribution in [2.75, 3.05) is 0 Å². The fraction of sp³-hybridized carbons (Fsp3) is 0.600. The molecule has 3 heteroatoms. The fourth-order valence-corrected chi connectivity index (χ4v) is 0.455. The Bertz CT molecular complexity index is 99.5. The molecule has 0 rings (SSSR count). The molecule has 0 aliphatic carbocycles. The van der Waals surface area contributed by atoms with Crippen LogP contribution in [0.3, 0.4) is 0 Å². The van der Waals surface area contributed by atoms with Gasteiger partial charge in [0.25, 0.3) is 0 Å². The molecule has 0 fully saturated rings. The second kappa shape index (κ2) is 19.5. The van der Waals surface area contributed by atoms with Crippen molar-refractivity contribution >= 4 is 9.52 Å². The van der Waals surface area contributed by atoms with Crippen molar-refractivity contribution in [1.29, 1.82) is 0 Å². The van der Waals surface area contributed by atoms with E-state index in [9.17, 15) is 0 Å². The minimum absolute atomic E-state index is 0. The molecule has 4 radical (unpaired) electrons. The fourth-order valence-electron chi connectivity index (χ4n) is 0.455. The summed E-state index contributed by atoms with van der Waals surface area (Å²) in [6.45, 7) is 12.7. The molecule has 0 aromatic carbocycles. The molecular formula is C10H20SiY2-2. The maximum atomic E-state index is 2.15. The van der Waals surface area contributed by atoms with Crippen molar-refractivity contribution in [1.82, 2.24) is 0 Å². The van der Waals surface area contributed by atoms with Gasteiger partial charge in [-0.1, -0.05) is 13.1 Å². The van der Waals surface area contributed by atoms with E-state index in [1.165, 1.54) is 11.1 Å². The zero-order valence-corrected chi connectivity index (χ0v) is 16.5. The van der Waals surface area contributed by atoms with Gasteiger partial charge in [0.2, 0.25) is 0 Å². The quantitative estimate of drug-likeness (QED) is 0.530. The van der Waals surface area contributed by atoms with Gasteiger partial charge in [0, 0.05) is 74.9 Å². The van der Waals surface area contributed by atoms with Gasteiger partial charge in [-0.25, -0.2) is 0 Å². The van der Waals surface area contributed by atoms with Gasteiger partial charge < -0.3 is 24.0 Å². The first-order valence-corrected chi connectivity index (χ1v) is 5.98. The van der Waals surface area contributed by atoms with E-state index < -0.39 is 0 Å². The zero-order valence-electron chi connectivity index (χ0n) is 9.81. The Balaban J connectivity index is -0.0000000720. The molecule has 0 aliphatic rings. The first kappa shape index (κ1) is 24.2. The second-order valence-electron chi connectivity index (χ2n) is 2.44. The molecule has 0 aliphatic heterocycles. The summed E-state index contributed by atoms with van der Waals surface area (Å²) in [5.41, 5.74) is 2.74. The van der Waals surface area contributed by atoms with Crippen molar-refractivity contribution in [3.05, 3.63) is 24.0 Å². The van der Waals surface area contributed by atoms with Crippen LogP contribution in [0.2, 0.25) is 13.1 Å². The molecule has 0 aromatic rings. The summed E-state index contributed by atoms with van der Waals surface area (Å²) in [6.07, 6.45) is 4.24. The molecule has 0 aromatic heterocycles. The van der Waals surface area contributed by atoms with Gasteiger partial charge in [-0.05, 0) is 0 Å². The van der Waals surface area contributed by atoms with Gasteiger partial charge in [-0.3, -0.25) is 0 Å². The third-order valence-corrected chi connectivity index (χ3v) is 1.49. The largest absolute Gasteiger partial charge is 0.364 e. The number of hydrogen-bond donors (Lipinski definition) is 0. The van der Waals surface area contributed by atoms with Crippen molar-refractivity contribution in [2.24, 2.45) is 0 Å². The van der Waals surface area contributed by atoms with Crippen LogP contribution < -0.4 is 0 Å². The molecule has 0 atom stereocenters. The maximum Gasteiger partial charge on any atom is 0.0307 e. The Hall–Kier alpha value is 1.90. The van der Waals surface area contributed by atoms with Gasteiger partial charge in [0.1, 0.15) is 0 Å². The zero-order chi connectivity index (χ0) is 9.28. The molecule has 0 nitrogen and oxygen atoms in total. The van der Waals surface area contributed by atoms with E-state index in [0.29, 0.717) is 0 Å². The number of rotatable bonds is 2. The summed E-state index contributed by atoms with van der Waals surface area (Å²) in [7, 11) is 1.08. The van der Waals surface area contributed by atoms with Crippen molar-refractivity contribution < 1.29 is 65.4 Å². The molecule has 0 heterocycles. The minimum atomic E-state index is 0. The smallest absolute Gasteiger partial charge is 0.0307 e. The second-order valence-corrected chi connectivity index (χ2v) is 3.44. The van der Waals surface area contributed by atoms with E-state index in [-0.39, 0.29) is 65.4 Å². The summed E-state index contributed by atoms with van der Waals surface area (Å²) in [5, 5.41) is 0. The van der Waals surface area contributed by atoms with Crippen molar-refractivity contribution in [2.45, 2.75) is 40.8 Å². The SMILES string of the molecule is C[CH-]/C(C)=C(/C)[CH-]C.C[Si]C.[Y].[Y]. The molecule has 0 saturated carbocycles. The molecule has 0 saturated heterocycles. The monoisotopic (exact) mass is 346 g/mol. The van der Waals surface area contributed by atoms with Gasteiger partial charge in [-0.2, -0.15) is 0 Å². The summed E-state index contributed by atoms with van der Waals surface area (Å²) in [6, 6.07) is 0. The van der Waals surface area contributed by atoms with E-state index in [1.54, 1.807) is 0 Å². The van der Waals surface area contributed by atoms with Crippen LogP contribution in [0.25, 0.3) is 0 Å². The van der Waals surface area contributed by atoms with E-state index in [2.05, 4.69) is 53.6 Å². The van der Waals surface area contributed by atoms with Crippen LogP contribution in [0.15, 0.2) is 11.1 Å². The molecule has 0 amide bonds. The van der Waals surface area contributed by atoms with Crippen LogP contribution in [-0.4, -0.2) is 9.52 Å². The molecular weight excluding hydrogens is 326 g/mol. The summed E-state index contributed by atoms with van der Waals surface area (Å²) in [5.74, 6) is 0. The molecule has 0 N–H and O–H groups in total. The average molecular weight is 346 g/mol. The third kappa shape index (κ3) is 20.1. The molecule has 0 bridgehead atoms. The van der Waals surface area contributed by atoms with E-state index in [1.807, 2.05) is 0 Å². The average Bonchev–Trinajstić information content (AvgIpc) is 2.03. The van der Waals surface area contributed by atoms with E-state index >= 15 is 0 Å². The van der Waals surface area contributed by atoms with Crippen molar-refractivity contribution in [3.63, 3.8) is 0 Å². The summed E-state index contributed by atoms with van der Waals surface area (Å²) >= 11 is 0. The first-order chi connectivity index (χ1) is 5.13. The minimum Gasteiger partial charge on any atom is -0.364 e. The Morgan fingerprint density at radius 1 is 0.846 bits per heavy atom. The Morgan fingerprint density at radius 2 is 1.00 bits per heavy atom. The Morgan fingerprint density at radius 3 is 1.08 bits per heavy atom. The third-order valence-electron chi connectivity index (χ3n) is 1.49. The Kier molecular flexibility index (Phi) is 36.3. The number of allylic oxidation sites excluding steroid dienone is 2. The summed E-state index contributed by atoms with van der Waals surface area (Å²) in [4.78, 5) is 0. The van der Waals surface area contributed by atoms with Crippen LogP contribution in [-0.2, 0) is 65.4 Å². The maximum absolute atomic E-state index is 2.15. The van der Waals surface area contributed by atoms with Gasteiger partial charge in [0.15, 0.2) is 0 Å². The molecule has 13 heavy (non-hydrogen) atoms. The van der Waals surface area contributed by atoms with Crippen LogP contribution in [0.1, 0.15) is 27.7 Å². The molecule has 72 valence electrons. The molecule has 0 unspecified atom stereocenters. The van der Waals surface area contributed by atoms with Crippen molar-refractivity contribution in [3.8, 4) is 0 Å². The van der Waals surface area contributed by atoms with Crippen LogP contribution in [0.5, 0.6) is 0 Å². The first-order valence-electron chi connectivity index (χ1n) is 3.98. The standard InChI is InChI=1S/C8H14.C2H6Si.2Y/c1-5-7(3)8(4)6-2;1-3-2;;/h5-6H,1-4H3;1-2H3;;/q-2;;;/b8-7-;;;. The van der Waals surface area contributed by atoms with Crippen LogP contribution >= 0.6 is 0 Å². The molecule has 0 spiro atoms. The normalized spacial score (nSPS) is 9.08. The van der Waals surface area contributed by atoms with Gasteiger partial charge in [0.05, 0.1) is 0 Å².